The Morgan fingerprint density at radius 2 is 2.20 bits per heavy atom. The average Bonchev–Trinajstić information content (AvgIpc) is 2.27. The van der Waals surface area contributed by atoms with E-state index in [2.05, 4.69) is 4.98 Å². The van der Waals surface area contributed by atoms with Gasteiger partial charge in [-0.15, -0.1) is 0 Å². The van der Waals surface area contributed by atoms with Gasteiger partial charge in [0, 0.05) is 11.5 Å². The molecule has 0 saturated heterocycles. The summed E-state index contributed by atoms with van der Waals surface area (Å²) < 4.78 is 5.01. The molecule has 1 aromatic carbocycles. The van der Waals surface area contributed by atoms with Gasteiger partial charge in [-0.05, 0) is 12.1 Å². The van der Waals surface area contributed by atoms with E-state index in [0.29, 0.717) is 17.6 Å². The highest BCUT2D eigenvalue weighted by Gasteiger charge is 2.04. The zero-order chi connectivity index (χ0) is 10.8. The van der Waals surface area contributed by atoms with Gasteiger partial charge < -0.3 is 9.84 Å². The largest absolute Gasteiger partial charge is 0.507 e. The summed E-state index contributed by atoms with van der Waals surface area (Å²) in [5.41, 5.74) is 0.872. The molecule has 76 valence electrons. The van der Waals surface area contributed by atoms with Gasteiger partial charge in [0.05, 0.1) is 24.4 Å². The summed E-state index contributed by atoms with van der Waals surface area (Å²) in [6.45, 7) is 0. The Kier molecular flexibility index (Phi) is 2.25. The van der Waals surface area contributed by atoms with Crippen molar-refractivity contribution in [3.63, 3.8) is 0 Å². The second kappa shape index (κ2) is 3.57. The summed E-state index contributed by atoms with van der Waals surface area (Å²) in [5.74, 6) is 0.556. The predicted octanol–water partition coefficient (Wildman–Crippen LogP) is 1.76. The summed E-state index contributed by atoms with van der Waals surface area (Å²) in [5, 5.41) is 10.2. The highest BCUT2D eigenvalue weighted by Crippen LogP contribution is 2.24. The lowest BCUT2D eigenvalue weighted by Gasteiger charge is -2.03. The number of carbonyl (C=O) groups is 1. The van der Waals surface area contributed by atoms with Crippen molar-refractivity contribution in [2.75, 3.05) is 7.11 Å². The number of pyridine rings is 1. The molecule has 1 N–H and O–H groups in total. The van der Waals surface area contributed by atoms with Crippen molar-refractivity contribution in [2.24, 2.45) is 0 Å². The highest BCUT2D eigenvalue weighted by molar-refractivity contribution is 5.90. The van der Waals surface area contributed by atoms with E-state index in [-0.39, 0.29) is 11.3 Å². The Hall–Kier alpha value is -2.10. The SMILES string of the molecule is COc1cnc2cc(O)c(C=O)cc2c1. The fraction of sp³-hybridized carbons (Fsp3) is 0.0909. The van der Waals surface area contributed by atoms with Gasteiger partial charge in [0.1, 0.15) is 11.5 Å². The van der Waals surface area contributed by atoms with Crippen LogP contribution in [0.2, 0.25) is 0 Å². The lowest BCUT2D eigenvalue weighted by atomic mass is 10.1. The third kappa shape index (κ3) is 1.61. The molecule has 0 atom stereocenters. The Balaban J connectivity index is 2.71. The minimum Gasteiger partial charge on any atom is -0.507 e. The molecule has 0 amide bonds. The van der Waals surface area contributed by atoms with Gasteiger partial charge in [-0.1, -0.05) is 0 Å². The molecule has 0 spiro atoms. The van der Waals surface area contributed by atoms with Crippen LogP contribution in [0.4, 0.5) is 0 Å². The molecule has 4 heteroatoms. The van der Waals surface area contributed by atoms with E-state index in [1.807, 2.05) is 0 Å². The fourth-order valence-electron chi connectivity index (χ4n) is 1.37. The Morgan fingerprint density at radius 3 is 2.87 bits per heavy atom. The van der Waals surface area contributed by atoms with E-state index < -0.39 is 0 Å². The first-order valence-corrected chi connectivity index (χ1v) is 4.36. The molecule has 0 aliphatic carbocycles. The zero-order valence-electron chi connectivity index (χ0n) is 8.10. The zero-order valence-corrected chi connectivity index (χ0v) is 8.10. The van der Waals surface area contributed by atoms with Gasteiger partial charge in [-0.2, -0.15) is 0 Å². The second-order valence-corrected chi connectivity index (χ2v) is 3.10. The van der Waals surface area contributed by atoms with Gasteiger partial charge in [-0.3, -0.25) is 9.78 Å². The molecule has 15 heavy (non-hydrogen) atoms. The van der Waals surface area contributed by atoms with Crippen LogP contribution in [0.3, 0.4) is 0 Å². The van der Waals surface area contributed by atoms with Crippen LogP contribution in [0.5, 0.6) is 11.5 Å². The number of fused-ring (bicyclic) bond motifs is 1. The number of phenols is 1. The lowest BCUT2D eigenvalue weighted by Crippen LogP contribution is -1.88. The molecular weight excluding hydrogens is 194 g/mol. The molecule has 0 aliphatic rings. The quantitative estimate of drug-likeness (QED) is 0.755. The molecule has 1 heterocycles. The van der Waals surface area contributed by atoms with Crippen molar-refractivity contribution in [1.29, 1.82) is 0 Å². The summed E-state index contributed by atoms with van der Waals surface area (Å²) in [7, 11) is 1.55. The molecule has 0 unspecified atom stereocenters. The summed E-state index contributed by atoms with van der Waals surface area (Å²) in [6.07, 6.45) is 2.16. The van der Waals surface area contributed by atoms with Gasteiger partial charge in [-0.25, -0.2) is 0 Å². The maximum absolute atomic E-state index is 10.6. The van der Waals surface area contributed by atoms with Crippen LogP contribution in [0.25, 0.3) is 10.9 Å². The number of rotatable bonds is 2. The van der Waals surface area contributed by atoms with Gasteiger partial charge >= 0.3 is 0 Å². The van der Waals surface area contributed by atoms with Gasteiger partial charge in [0.2, 0.25) is 0 Å². The number of ether oxygens (including phenoxy) is 1. The van der Waals surface area contributed by atoms with Crippen molar-refractivity contribution < 1.29 is 14.6 Å². The average molecular weight is 203 g/mol. The number of hydrogen-bond acceptors (Lipinski definition) is 4. The molecule has 2 aromatic rings. The molecular formula is C11H9NO3. The number of aromatic nitrogens is 1. The number of methoxy groups -OCH3 is 1. The number of nitrogens with zero attached hydrogens (tertiary/aromatic N) is 1. The summed E-state index contributed by atoms with van der Waals surface area (Å²) in [4.78, 5) is 14.7. The molecule has 0 fully saturated rings. The highest BCUT2D eigenvalue weighted by atomic mass is 16.5. The number of hydrogen-bond donors (Lipinski definition) is 1. The smallest absolute Gasteiger partial charge is 0.153 e. The number of aromatic hydroxyl groups is 1. The predicted molar refractivity (Wildman–Crippen MR) is 55.3 cm³/mol. The molecule has 2 rings (SSSR count). The molecule has 1 aromatic heterocycles. The Bertz CT molecular complexity index is 522. The number of phenolic OH excluding ortho intramolecular Hbond substituents is 1. The van der Waals surface area contributed by atoms with Crippen LogP contribution in [0.15, 0.2) is 24.4 Å². The minimum atomic E-state index is -0.0600. The first kappa shape index (κ1) is 9.45. The van der Waals surface area contributed by atoms with Gasteiger partial charge in [0.15, 0.2) is 6.29 Å². The van der Waals surface area contributed by atoms with E-state index in [1.54, 1.807) is 25.4 Å². The Labute approximate surface area is 86.1 Å². The fourth-order valence-corrected chi connectivity index (χ4v) is 1.37. The number of carbonyl (C=O) groups excluding carboxylic acids is 1. The monoisotopic (exact) mass is 203 g/mol. The molecule has 0 aliphatic heterocycles. The van der Waals surface area contributed by atoms with Crippen LogP contribution >= 0.6 is 0 Å². The van der Waals surface area contributed by atoms with Crippen molar-refractivity contribution in [3.8, 4) is 11.5 Å². The topological polar surface area (TPSA) is 59.4 Å². The van der Waals surface area contributed by atoms with Crippen LogP contribution in [-0.2, 0) is 0 Å². The van der Waals surface area contributed by atoms with E-state index in [1.165, 1.54) is 6.07 Å². The van der Waals surface area contributed by atoms with Crippen LogP contribution in [0.1, 0.15) is 10.4 Å². The van der Waals surface area contributed by atoms with E-state index in [0.717, 1.165) is 5.39 Å². The Morgan fingerprint density at radius 1 is 1.40 bits per heavy atom. The van der Waals surface area contributed by atoms with E-state index >= 15 is 0 Å². The standard InChI is InChI=1S/C11H9NO3/c1-15-9-3-7-2-8(6-13)11(14)4-10(7)12-5-9/h2-6,14H,1H3. The van der Waals surface area contributed by atoms with Crippen molar-refractivity contribution in [1.82, 2.24) is 4.98 Å². The summed E-state index contributed by atoms with van der Waals surface area (Å²) >= 11 is 0. The lowest BCUT2D eigenvalue weighted by molar-refractivity contribution is 0.112. The maximum atomic E-state index is 10.6. The third-order valence-corrected chi connectivity index (χ3v) is 2.17. The van der Waals surface area contributed by atoms with E-state index in [9.17, 15) is 9.90 Å². The summed E-state index contributed by atoms with van der Waals surface area (Å²) in [6, 6.07) is 4.79. The molecule has 4 nitrogen and oxygen atoms in total. The number of benzene rings is 1. The normalized spacial score (nSPS) is 10.2. The molecule has 0 bridgehead atoms. The second-order valence-electron chi connectivity index (χ2n) is 3.10. The van der Waals surface area contributed by atoms with Crippen molar-refractivity contribution in [3.05, 3.63) is 30.0 Å². The van der Waals surface area contributed by atoms with Crippen LogP contribution in [0, 0.1) is 0 Å². The minimum absolute atomic E-state index is 0.0600. The first-order chi connectivity index (χ1) is 7.24. The third-order valence-electron chi connectivity index (χ3n) is 2.17. The molecule has 0 saturated carbocycles. The van der Waals surface area contributed by atoms with Crippen LogP contribution in [-0.4, -0.2) is 23.5 Å². The first-order valence-electron chi connectivity index (χ1n) is 4.36. The van der Waals surface area contributed by atoms with Crippen molar-refractivity contribution >= 4 is 17.2 Å². The van der Waals surface area contributed by atoms with Crippen molar-refractivity contribution in [2.45, 2.75) is 0 Å². The van der Waals surface area contributed by atoms with Crippen LogP contribution < -0.4 is 4.74 Å². The number of aldehydes is 1. The van der Waals surface area contributed by atoms with E-state index in [4.69, 9.17) is 4.74 Å². The van der Waals surface area contributed by atoms with Gasteiger partial charge in [0.25, 0.3) is 0 Å². The molecule has 0 radical (unpaired) electrons. The maximum Gasteiger partial charge on any atom is 0.153 e.